The van der Waals surface area contributed by atoms with Crippen molar-refractivity contribution >= 4 is 34.3 Å². The standard InChI is InChI=1S/C20H18N6O2/c1-13(27)23-15-3-5-16(6-4-15)24-20-21-11-14-12-22-26(19(14)25-20)17-7-9-18(28-2)10-8-17/h3-12H,1-2H3,(H,23,27)(H,21,24,25). The van der Waals surface area contributed by atoms with E-state index < -0.39 is 0 Å². The van der Waals surface area contributed by atoms with E-state index in [4.69, 9.17) is 4.74 Å². The molecule has 0 aliphatic carbocycles. The fraction of sp³-hybridized carbons (Fsp3) is 0.100. The Morgan fingerprint density at radius 1 is 1.00 bits per heavy atom. The van der Waals surface area contributed by atoms with Crippen molar-refractivity contribution in [2.75, 3.05) is 17.7 Å². The monoisotopic (exact) mass is 374 g/mol. The Balaban J connectivity index is 1.61. The molecule has 0 bridgehead atoms. The smallest absolute Gasteiger partial charge is 0.229 e. The highest BCUT2D eigenvalue weighted by atomic mass is 16.5. The van der Waals surface area contributed by atoms with Gasteiger partial charge in [0.05, 0.1) is 24.4 Å². The summed E-state index contributed by atoms with van der Waals surface area (Å²) in [7, 11) is 1.63. The molecule has 2 N–H and O–H groups in total. The summed E-state index contributed by atoms with van der Waals surface area (Å²) >= 11 is 0. The normalized spacial score (nSPS) is 10.6. The third-order valence-electron chi connectivity index (χ3n) is 4.09. The number of carbonyl (C=O) groups is 1. The first kappa shape index (κ1) is 17.5. The number of fused-ring (bicyclic) bond motifs is 1. The molecule has 0 aliphatic heterocycles. The lowest BCUT2D eigenvalue weighted by atomic mass is 10.3. The highest BCUT2D eigenvalue weighted by Crippen LogP contribution is 2.21. The second-order valence-corrected chi connectivity index (χ2v) is 6.11. The molecule has 0 unspecified atom stereocenters. The number of amides is 1. The van der Waals surface area contributed by atoms with Crippen LogP contribution < -0.4 is 15.4 Å². The molecular weight excluding hydrogens is 356 g/mol. The lowest BCUT2D eigenvalue weighted by Gasteiger charge is -2.08. The number of anilines is 3. The zero-order valence-electron chi connectivity index (χ0n) is 15.4. The van der Waals surface area contributed by atoms with Gasteiger partial charge in [0.25, 0.3) is 0 Å². The predicted octanol–water partition coefficient (Wildman–Crippen LogP) is 3.53. The fourth-order valence-corrected chi connectivity index (χ4v) is 2.76. The Hall–Kier alpha value is -3.94. The molecule has 8 nitrogen and oxygen atoms in total. The van der Waals surface area contributed by atoms with Crippen LogP contribution in [0, 0.1) is 0 Å². The van der Waals surface area contributed by atoms with Crippen molar-refractivity contribution in [3.05, 3.63) is 60.9 Å². The first-order chi connectivity index (χ1) is 13.6. The molecule has 8 heteroatoms. The third-order valence-corrected chi connectivity index (χ3v) is 4.09. The van der Waals surface area contributed by atoms with E-state index in [9.17, 15) is 4.79 Å². The number of carbonyl (C=O) groups excluding carboxylic acids is 1. The van der Waals surface area contributed by atoms with E-state index in [2.05, 4.69) is 25.7 Å². The molecule has 28 heavy (non-hydrogen) atoms. The highest BCUT2D eigenvalue weighted by molar-refractivity contribution is 5.88. The van der Waals surface area contributed by atoms with Gasteiger partial charge in [0, 0.05) is 24.5 Å². The maximum atomic E-state index is 11.1. The van der Waals surface area contributed by atoms with E-state index in [1.165, 1.54) is 6.92 Å². The Morgan fingerprint density at radius 2 is 1.71 bits per heavy atom. The van der Waals surface area contributed by atoms with Crippen LogP contribution in [-0.2, 0) is 4.79 Å². The average Bonchev–Trinajstić information content (AvgIpc) is 3.12. The molecule has 0 aliphatic rings. The fourth-order valence-electron chi connectivity index (χ4n) is 2.76. The van der Waals surface area contributed by atoms with Crippen LogP contribution in [0.3, 0.4) is 0 Å². The highest BCUT2D eigenvalue weighted by Gasteiger charge is 2.09. The molecule has 4 aromatic rings. The average molecular weight is 374 g/mol. The first-order valence-electron chi connectivity index (χ1n) is 8.62. The van der Waals surface area contributed by atoms with Crippen molar-refractivity contribution in [1.29, 1.82) is 0 Å². The Bertz CT molecular complexity index is 1120. The van der Waals surface area contributed by atoms with Crippen molar-refractivity contribution in [2.24, 2.45) is 0 Å². The van der Waals surface area contributed by atoms with Crippen LogP contribution in [0.1, 0.15) is 6.92 Å². The number of hydrogen-bond acceptors (Lipinski definition) is 6. The number of benzene rings is 2. The van der Waals surface area contributed by atoms with Crippen LogP contribution in [-0.4, -0.2) is 32.8 Å². The lowest BCUT2D eigenvalue weighted by molar-refractivity contribution is -0.114. The van der Waals surface area contributed by atoms with Gasteiger partial charge in [-0.05, 0) is 48.5 Å². The van der Waals surface area contributed by atoms with Crippen LogP contribution in [0.25, 0.3) is 16.7 Å². The minimum atomic E-state index is -0.110. The Morgan fingerprint density at radius 3 is 2.39 bits per heavy atom. The van der Waals surface area contributed by atoms with Crippen LogP contribution in [0.15, 0.2) is 60.9 Å². The van der Waals surface area contributed by atoms with Crippen LogP contribution in [0.4, 0.5) is 17.3 Å². The van der Waals surface area contributed by atoms with E-state index in [1.807, 2.05) is 48.5 Å². The molecule has 140 valence electrons. The van der Waals surface area contributed by atoms with Gasteiger partial charge < -0.3 is 15.4 Å². The summed E-state index contributed by atoms with van der Waals surface area (Å²) in [6.07, 6.45) is 3.45. The van der Waals surface area contributed by atoms with E-state index in [0.29, 0.717) is 11.6 Å². The summed E-state index contributed by atoms with van der Waals surface area (Å²) in [5, 5.41) is 11.1. The zero-order valence-corrected chi connectivity index (χ0v) is 15.4. The van der Waals surface area contributed by atoms with Crippen molar-refractivity contribution in [1.82, 2.24) is 19.7 Å². The SMILES string of the molecule is COc1ccc(-n2ncc3cnc(Nc4ccc(NC(C)=O)cc4)nc32)cc1. The van der Waals surface area contributed by atoms with Gasteiger partial charge in [-0.2, -0.15) is 10.1 Å². The maximum absolute atomic E-state index is 11.1. The molecule has 0 radical (unpaired) electrons. The van der Waals surface area contributed by atoms with Gasteiger partial charge in [0.1, 0.15) is 5.75 Å². The summed E-state index contributed by atoms with van der Waals surface area (Å²) < 4.78 is 6.95. The summed E-state index contributed by atoms with van der Waals surface area (Å²) in [4.78, 5) is 20.1. The lowest BCUT2D eigenvalue weighted by Crippen LogP contribution is -2.05. The molecular formula is C20H18N6O2. The number of methoxy groups -OCH3 is 1. The Kier molecular flexibility index (Phi) is 4.59. The minimum absolute atomic E-state index is 0.110. The number of aromatic nitrogens is 4. The van der Waals surface area contributed by atoms with Gasteiger partial charge in [0.2, 0.25) is 11.9 Å². The van der Waals surface area contributed by atoms with Crippen LogP contribution in [0.5, 0.6) is 5.75 Å². The van der Waals surface area contributed by atoms with Crippen LogP contribution in [0.2, 0.25) is 0 Å². The van der Waals surface area contributed by atoms with Gasteiger partial charge in [-0.25, -0.2) is 9.67 Å². The van der Waals surface area contributed by atoms with E-state index >= 15 is 0 Å². The number of nitrogens with one attached hydrogen (secondary N) is 2. The van der Waals surface area contributed by atoms with Crippen molar-refractivity contribution in [3.63, 3.8) is 0 Å². The molecule has 1 amide bonds. The number of hydrogen-bond donors (Lipinski definition) is 2. The van der Waals surface area contributed by atoms with Crippen LogP contribution >= 0.6 is 0 Å². The first-order valence-corrected chi connectivity index (χ1v) is 8.62. The van der Waals surface area contributed by atoms with Gasteiger partial charge in [-0.15, -0.1) is 0 Å². The summed E-state index contributed by atoms with van der Waals surface area (Å²) in [5.74, 6) is 1.12. The largest absolute Gasteiger partial charge is 0.497 e. The summed E-state index contributed by atoms with van der Waals surface area (Å²) in [5.41, 5.74) is 3.11. The minimum Gasteiger partial charge on any atom is -0.497 e. The zero-order chi connectivity index (χ0) is 19.5. The number of nitrogens with zero attached hydrogens (tertiary/aromatic N) is 4. The molecule has 0 spiro atoms. The van der Waals surface area contributed by atoms with E-state index in [-0.39, 0.29) is 5.91 Å². The Labute approximate surface area is 161 Å². The topological polar surface area (TPSA) is 94.0 Å². The number of rotatable bonds is 5. The molecule has 2 aromatic heterocycles. The second kappa shape index (κ2) is 7.36. The third kappa shape index (κ3) is 3.61. The van der Waals surface area contributed by atoms with Gasteiger partial charge >= 0.3 is 0 Å². The van der Waals surface area contributed by atoms with Gasteiger partial charge in [-0.3, -0.25) is 4.79 Å². The maximum Gasteiger partial charge on any atom is 0.229 e. The van der Waals surface area contributed by atoms with Gasteiger partial charge in [-0.1, -0.05) is 0 Å². The van der Waals surface area contributed by atoms with Gasteiger partial charge in [0.15, 0.2) is 5.65 Å². The quantitative estimate of drug-likeness (QED) is 0.555. The second-order valence-electron chi connectivity index (χ2n) is 6.11. The van der Waals surface area contributed by atoms with Crippen molar-refractivity contribution in [3.8, 4) is 11.4 Å². The number of ether oxygens (including phenoxy) is 1. The molecule has 2 heterocycles. The van der Waals surface area contributed by atoms with E-state index in [0.717, 1.165) is 28.2 Å². The summed E-state index contributed by atoms with van der Waals surface area (Å²) in [6, 6.07) is 14.9. The van der Waals surface area contributed by atoms with Crippen molar-refractivity contribution < 1.29 is 9.53 Å². The summed E-state index contributed by atoms with van der Waals surface area (Å²) in [6.45, 7) is 1.47. The molecule has 0 saturated carbocycles. The predicted molar refractivity (Wildman–Crippen MR) is 107 cm³/mol. The molecule has 4 rings (SSSR count). The van der Waals surface area contributed by atoms with Crippen molar-refractivity contribution in [2.45, 2.75) is 6.92 Å². The molecule has 2 aromatic carbocycles. The molecule has 0 fully saturated rings. The van der Waals surface area contributed by atoms with E-state index in [1.54, 1.807) is 24.2 Å². The molecule has 0 saturated heterocycles. The molecule has 0 atom stereocenters.